The Hall–Kier alpha value is -1.83. The van der Waals surface area contributed by atoms with Crippen LogP contribution in [0.1, 0.15) is 85.5 Å². The van der Waals surface area contributed by atoms with E-state index < -0.39 is 35.5 Å². The average Bonchev–Trinajstić information content (AvgIpc) is 3.41. The van der Waals surface area contributed by atoms with E-state index >= 15 is 0 Å². The highest BCUT2D eigenvalue weighted by molar-refractivity contribution is 6.01. The molecule has 0 spiro atoms. The zero-order valence-corrected chi connectivity index (χ0v) is 23.8. The van der Waals surface area contributed by atoms with Crippen molar-refractivity contribution in [2.24, 2.45) is 40.4 Å². The van der Waals surface area contributed by atoms with Gasteiger partial charge in [0.25, 0.3) is 0 Å². The molecule has 0 radical (unpaired) electrons. The van der Waals surface area contributed by atoms with Gasteiger partial charge in [-0.15, -0.1) is 0 Å². The van der Waals surface area contributed by atoms with Crippen LogP contribution in [0.5, 0.6) is 0 Å². The molecule has 0 amide bonds. The summed E-state index contributed by atoms with van der Waals surface area (Å²) in [4.78, 5) is 38.7. The van der Waals surface area contributed by atoms with E-state index in [1.807, 2.05) is 6.08 Å². The molecule has 214 valence electrons. The lowest BCUT2D eigenvalue weighted by Gasteiger charge is -2.59. The molecule has 5 aliphatic carbocycles. The van der Waals surface area contributed by atoms with Gasteiger partial charge in [0.2, 0.25) is 5.78 Å². The number of rotatable bonds is 5. The van der Waals surface area contributed by atoms with Crippen LogP contribution in [-0.4, -0.2) is 53.3 Å². The summed E-state index contributed by atoms with van der Waals surface area (Å²) >= 11 is 0. The SMILES string of the molecule is CC(C)C(=O)OCC(=O)[C@]12O[C@@H](C3CCCCC3)O[C@@H]1C[C@@H]1[C@@H]3CCC4=CC(=O)C=C[C@]4(C)[C@H]3[C@@H](O)C[C@@]12C. The van der Waals surface area contributed by atoms with E-state index in [1.165, 1.54) is 6.42 Å². The van der Waals surface area contributed by atoms with Gasteiger partial charge in [0.05, 0.1) is 18.1 Å². The summed E-state index contributed by atoms with van der Waals surface area (Å²) in [6, 6.07) is 0. The normalized spacial score (nSPS) is 45.3. The van der Waals surface area contributed by atoms with Gasteiger partial charge in [-0.3, -0.25) is 14.4 Å². The van der Waals surface area contributed by atoms with Gasteiger partial charge in [-0.1, -0.05) is 58.6 Å². The fourth-order valence-corrected chi connectivity index (χ4v) is 9.62. The Balaban J connectivity index is 1.35. The van der Waals surface area contributed by atoms with Crippen molar-refractivity contribution in [1.82, 2.24) is 0 Å². The Morgan fingerprint density at radius 2 is 1.90 bits per heavy atom. The molecule has 6 rings (SSSR count). The van der Waals surface area contributed by atoms with E-state index in [0.717, 1.165) is 44.1 Å². The number of fused-ring (bicyclic) bond motifs is 7. The predicted molar refractivity (Wildman–Crippen MR) is 143 cm³/mol. The van der Waals surface area contributed by atoms with Crippen LogP contribution in [0, 0.1) is 40.4 Å². The number of esters is 1. The van der Waals surface area contributed by atoms with Gasteiger partial charge in [0.15, 0.2) is 24.3 Å². The highest BCUT2D eigenvalue weighted by atomic mass is 16.7. The molecule has 7 nitrogen and oxygen atoms in total. The second kappa shape index (κ2) is 9.63. The summed E-state index contributed by atoms with van der Waals surface area (Å²) in [6.45, 7) is 7.44. The summed E-state index contributed by atoms with van der Waals surface area (Å²) < 4.78 is 19.0. The standard InChI is InChI=1S/C32H44O7/c1-18(2)28(36)37-17-25(35)32-26(38-29(39-32)19-8-6-5-7-9-19)15-23-22-11-10-20-14-21(33)12-13-30(20,3)27(22)24(34)16-31(23,32)4/h12-14,18-19,22-24,26-27,29,34H,5-11,15-17H2,1-4H3/t22-,23+,24-,26+,27+,29-,30-,31-,32-/m0/s1. The van der Waals surface area contributed by atoms with E-state index in [9.17, 15) is 19.5 Å². The first-order valence-electron chi connectivity index (χ1n) is 15.2. The molecule has 7 heteroatoms. The molecule has 6 aliphatic rings. The summed E-state index contributed by atoms with van der Waals surface area (Å²) in [5.74, 6) is -0.471. The number of carbonyl (C=O) groups is 3. The maximum Gasteiger partial charge on any atom is 0.308 e. The predicted octanol–water partition coefficient (Wildman–Crippen LogP) is 4.70. The third-order valence-electron chi connectivity index (χ3n) is 11.5. The van der Waals surface area contributed by atoms with Crippen molar-refractivity contribution in [2.75, 3.05) is 6.61 Å². The molecule has 39 heavy (non-hydrogen) atoms. The van der Waals surface area contributed by atoms with Gasteiger partial charge in [0.1, 0.15) is 0 Å². The van der Waals surface area contributed by atoms with Crippen molar-refractivity contribution >= 4 is 17.5 Å². The van der Waals surface area contributed by atoms with Gasteiger partial charge >= 0.3 is 5.97 Å². The monoisotopic (exact) mass is 540 g/mol. The van der Waals surface area contributed by atoms with Gasteiger partial charge < -0.3 is 19.3 Å². The van der Waals surface area contributed by atoms with Crippen LogP contribution in [0.15, 0.2) is 23.8 Å². The Morgan fingerprint density at radius 1 is 1.15 bits per heavy atom. The smallest absolute Gasteiger partial charge is 0.308 e. The van der Waals surface area contributed by atoms with E-state index in [4.69, 9.17) is 14.2 Å². The zero-order chi connectivity index (χ0) is 27.7. The molecular formula is C32H44O7. The van der Waals surface area contributed by atoms with Crippen molar-refractivity contribution in [3.8, 4) is 0 Å². The van der Waals surface area contributed by atoms with E-state index in [-0.39, 0.29) is 53.2 Å². The molecule has 1 saturated heterocycles. The number of carbonyl (C=O) groups excluding carboxylic acids is 3. The van der Waals surface area contributed by atoms with Crippen LogP contribution >= 0.6 is 0 Å². The highest BCUT2D eigenvalue weighted by Crippen LogP contribution is 2.70. The Kier molecular flexibility index (Phi) is 6.75. The minimum Gasteiger partial charge on any atom is -0.457 e. The van der Waals surface area contributed by atoms with Crippen molar-refractivity contribution in [1.29, 1.82) is 0 Å². The van der Waals surface area contributed by atoms with Crippen molar-refractivity contribution in [3.63, 3.8) is 0 Å². The maximum atomic E-state index is 14.2. The first-order valence-corrected chi connectivity index (χ1v) is 15.2. The van der Waals surface area contributed by atoms with E-state index in [0.29, 0.717) is 12.8 Å². The first-order chi connectivity index (χ1) is 18.5. The molecule has 1 heterocycles. The summed E-state index contributed by atoms with van der Waals surface area (Å²) in [5.41, 5.74) is -1.19. The number of hydrogen-bond donors (Lipinski definition) is 1. The molecule has 0 aromatic rings. The quantitative estimate of drug-likeness (QED) is 0.505. The first kappa shape index (κ1) is 27.3. The molecule has 0 aromatic carbocycles. The van der Waals surface area contributed by atoms with Crippen LogP contribution in [0.2, 0.25) is 0 Å². The summed E-state index contributed by atoms with van der Waals surface area (Å²) in [6.07, 6.45) is 12.2. The third-order valence-corrected chi connectivity index (χ3v) is 11.5. The summed E-state index contributed by atoms with van der Waals surface area (Å²) in [7, 11) is 0. The summed E-state index contributed by atoms with van der Waals surface area (Å²) in [5, 5.41) is 11.9. The van der Waals surface area contributed by atoms with Crippen LogP contribution in [-0.2, 0) is 28.6 Å². The molecular weight excluding hydrogens is 496 g/mol. The van der Waals surface area contributed by atoms with Gasteiger partial charge in [-0.05, 0) is 62.5 Å². The second-order valence-corrected chi connectivity index (χ2v) is 13.9. The fourth-order valence-electron chi connectivity index (χ4n) is 9.62. The Labute approximate surface area is 231 Å². The lowest BCUT2D eigenvalue weighted by molar-refractivity contribution is -0.210. The molecule has 5 fully saturated rings. The Bertz CT molecular complexity index is 1100. The van der Waals surface area contributed by atoms with Gasteiger partial charge in [-0.25, -0.2) is 0 Å². The number of aliphatic hydroxyl groups excluding tert-OH is 1. The molecule has 0 aromatic heterocycles. The lowest BCUT2D eigenvalue weighted by Crippen LogP contribution is -2.63. The van der Waals surface area contributed by atoms with Crippen LogP contribution in [0.25, 0.3) is 0 Å². The number of Topliss-reactive ketones (excluding diaryl/α,β-unsaturated/α-hetero) is 1. The number of allylic oxidation sites excluding steroid dienone is 4. The maximum absolute atomic E-state index is 14.2. The molecule has 4 saturated carbocycles. The van der Waals surface area contributed by atoms with Crippen molar-refractivity contribution < 1.29 is 33.7 Å². The van der Waals surface area contributed by atoms with Crippen molar-refractivity contribution in [2.45, 2.75) is 110 Å². The molecule has 1 aliphatic heterocycles. The minimum atomic E-state index is -1.25. The molecule has 9 atom stereocenters. The zero-order valence-electron chi connectivity index (χ0n) is 23.8. The molecule has 0 unspecified atom stereocenters. The third kappa shape index (κ3) is 3.97. The topological polar surface area (TPSA) is 99.1 Å². The van der Waals surface area contributed by atoms with E-state index in [2.05, 4.69) is 13.8 Å². The molecule has 0 bridgehead atoms. The van der Waals surface area contributed by atoms with Gasteiger partial charge in [0, 0.05) is 22.7 Å². The lowest BCUT2D eigenvalue weighted by atomic mass is 9.46. The number of ether oxygens (including phenoxy) is 3. The number of hydrogen-bond acceptors (Lipinski definition) is 7. The van der Waals surface area contributed by atoms with Gasteiger partial charge in [-0.2, -0.15) is 0 Å². The molecule has 1 N–H and O–H groups in total. The highest BCUT2D eigenvalue weighted by Gasteiger charge is 2.76. The van der Waals surface area contributed by atoms with Crippen LogP contribution < -0.4 is 0 Å². The Morgan fingerprint density at radius 3 is 2.62 bits per heavy atom. The number of aliphatic hydroxyl groups is 1. The van der Waals surface area contributed by atoms with Crippen LogP contribution in [0.4, 0.5) is 0 Å². The second-order valence-electron chi connectivity index (χ2n) is 13.9. The fraction of sp³-hybridized carbons (Fsp3) is 0.781. The van der Waals surface area contributed by atoms with Crippen LogP contribution in [0.3, 0.4) is 0 Å². The number of ketones is 2. The largest absolute Gasteiger partial charge is 0.457 e. The average molecular weight is 541 g/mol. The van der Waals surface area contributed by atoms with E-state index in [1.54, 1.807) is 26.0 Å². The van der Waals surface area contributed by atoms with Crippen molar-refractivity contribution in [3.05, 3.63) is 23.8 Å². The minimum absolute atomic E-state index is 0.0162.